The molecule has 0 saturated heterocycles. The number of methoxy groups -OCH3 is 1. The Balaban J connectivity index is 1.87. The van der Waals surface area contributed by atoms with Crippen LogP contribution in [-0.2, 0) is 4.74 Å². The number of rotatable bonds is 4. The molecule has 1 aromatic carbocycles. The van der Waals surface area contributed by atoms with Crippen LogP contribution in [0.15, 0.2) is 24.3 Å². The molecule has 2 aromatic rings. The predicted octanol–water partition coefficient (Wildman–Crippen LogP) is 2.92. The van der Waals surface area contributed by atoms with Gasteiger partial charge < -0.3 is 10.1 Å². The van der Waals surface area contributed by atoms with Crippen LogP contribution >= 0.6 is 0 Å². The predicted molar refractivity (Wildman–Crippen MR) is 76.4 cm³/mol. The van der Waals surface area contributed by atoms with Gasteiger partial charge in [-0.25, -0.2) is 0 Å². The Morgan fingerprint density at radius 1 is 1.21 bits per heavy atom. The Kier molecular flexibility index (Phi) is 3.11. The van der Waals surface area contributed by atoms with Crippen molar-refractivity contribution in [3.8, 4) is 0 Å². The molecule has 1 heterocycles. The molecule has 0 unspecified atom stereocenters. The number of benzene rings is 1. The molecule has 1 saturated carbocycles. The number of nitrogens with one attached hydrogen (secondary N) is 1. The maximum Gasteiger partial charge on any atom is 0.156 e. The van der Waals surface area contributed by atoms with Crippen molar-refractivity contribution >= 4 is 16.6 Å². The number of aromatic nitrogens is 2. The Hall–Kier alpha value is -1.68. The van der Waals surface area contributed by atoms with Crippen molar-refractivity contribution in [3.63, 3.8) is 0 Å². The first-order chi connectivity index (χ1) is 9.24. The highest BCUT2D eigenvalue weighted by atomic mass is 16.5. The van der Waals surface area contributed by atoms with Gasteiger partial charge in [0.1, 0.15) is 0 Å². The number of ether oxygens (including phenoxy) is 1. The summed E-state index contributed by atoms with van der Waals surface area (Å²) in [6.07, 6.45) is 3.48. The lowest BCUT2D eigenvalue weighted by atomic mass is 9.80. The summed E-state index contributed by atoms with van der Waals surface area (Å²) in [4.78, 5) is 0. The largest absolute Gasteiger partial charge is 0.376 e. The zero-order valence-corrected chi connectivity index (χ0v) is 11.4. The topological polar surface area (TPSA) is 47.0 Å². The molecule has 1 fully saturated rings. The number of hydrogen-bond acceptors (Lipinski definition) is 4. The third-order valence-corrected chi connectivity index (χ3v) is 4.15. The Bertz CT molecular complexity index is 587. The lowest BCUT2D eigenvalue weighted by Crippen LogP contribution is -2.45. The minimum absolute atomic E-state index is 0.00628. The van der Waals surface area contributed by atoms with E-state index in [-0.39, 0.29) is 5.60 Å². The van der Waals surface area contributed by atoms with Crippen molar-refractivity contribution in [1.29, 1.82) is 0 Å². The van der Waals surface area contributed by atoms with Crippen molar-refractivity contribution in [3.05, 3.63) is 30.0 Å². The summed E-state index contributed by atoms with van der Waals surface area (Å²) in [5, 5.41) is 14.2. The number of nitrogens with zero attached hydrogens (tertiary/aromatic N) is 2. The average molecular weight is 257 g/mol. The lowest BCUT2D eigenvalue weighted by Gasteiger charge is -2.40. The molecular weight excluding hydrogens is 238 g/mol. The van der Waals surface area contributed by atoms with E-state index in [1.165, 1.54) is 6.42 Å². The summed E-state index contributed by atoms with van der Waals surface area (Å²) >= 11 is 0. The fraction of sp³-hybridized carbons (Fsp3) is 0.467. The quantitative estimate of drug-likeness (QED) is 0.914. The number of anilines is 1. The third-order valence-electron chi connectivity index (χ3n) is 4.15. The smallest absolute Gasteiger partial charge is 0.156 e. The first-order valence-electron chi connectivity index (χ1n) is 6.75. The molecule has 0 aliphatic heterocycles. The molecule has 0 spiro atoms. The van der Waals surface area contributed by atoms with Crippen LogP contribution in [0.5, 0.6) is 0 Å². The fourth-order valence-electron chi connectivity index (χ4n) is 2.64. The molecule has 0 radical (unpaired) electrons. The molecule has 0 bridgehead atoms. The van der Waals surface area contributed by atoms with Gasteiger partial charge in [0, 0.05) is 24.4 Å². The lowest BCUT2D eigenvalue weighted by molar-refractivity contribution is -0.0601. The SMILES string of the molecule is COC1(CNc2nnc(C)c3ccccc23)CCC1. The molecule has 100 valence electrons. The van der Waals surface area contributed by atoms with E-state index in [0.717, 1.165) is 41.7 Å². The van der Waals surface area contributed by atoms with Crippen LogP contribution in [0.3, 0.4) is 0 Å². The molecular formula is C15H19N3O. The molecule has 3 rings (SSSR count). The van der Waals surface area contributed by atoms with Crippen LogP contribution in [0.2, 0.25) is 0 Å². The van der Waals surface area contributed by atoms with Crippen molar-refractivity contribution in [2.75, 3.05) is 19.0 Å². The van der Waals surface area contributed by atoms with E-state index >= 15 is 0 Å². The van der Waals surface area contributed by atoms with Gasteiger partial charge in [-0.15, -0.1) is 5.10 Å². The van der Waals surface area contributed by atoms with E-state index in [1.807, 2.05) is 19.1 Å². The van der Waals surface area contributed by atoms with Gasteiger partial charge in [-0.2, -0.15) is 5.10 Å². The summed E-state index contributed by atoms with van der Waals surface area (Å²) in [6, 6.07) is 8.23. The van der Waals surface area contributed by atoms with Crippen molar-refractivity contribution < 1.29 is 4.74 Å². The van der Waals surface area contributed by atoms with Crippen LogP contribution in [0.1, 0.15) is 25.0 Å². The van der Waals surface area contributed by atoms with E-state index in [2.05, 4.69) is 27.6 Å². The molecule has 4 heteroatoms. The second-order valence-corrected chi connectivity index (χ2v) is 5.27. The normalized spacial score (nSPS) is 17.2. The van der Waals surface area contributed by atoms with Gasteiger partial charge >= 0.3 is 0 Å². The van der Waals surface area contributed by atoms with Gasteiger partial charge in [0.2, 0.25) is 0 Å². The van der Waals surface area contributed by atoms with Crippen LogP contribution in [0.4, 0.5) is 5.82 Å². The molecule has 19 heavy (non-hydrogen) atoms. The van der Waals surface area contributed by atoms with Gasteiger partial charge in [-0.1, -0.05) is 24.3 Å². The Morgan fingerprint density at radius 2 is 1.95 bits per heavy atom. The van der Waals surface area contributed by atoms with E-state index in [9.17, 15) is 0 Å². The van der Waals surface area contributed by atoms with Crippen molar-refractivity contribution in [2.45, 2.75) is 31.8 Å². The molecule has 1 aromatic heterocycles. The Morgan fingerprint density at radius 3 is 2.58 bits per heavy atom. The molecule has 1 N–H and O–H groups in total. The maximum absolute atomic E-state index is 5.62. The second kappa shape index (κ2) is 4.78. The second-order valence-electron chi connectivity index (χ2n) is 5.27. The van der Waals surface area contributed by atoms with E-state index in [4.69, 9.17) is 4.74 Å². The maximum atomic E-state index is 5.62. The van der Waals surface area contributed by atoms with E-state index in [0.29, 0.717) is 0 Å². The van der Waals surface area contributed by atoms with Gasteiger partial charge in [0.25, 0.3) is 0 Å². The molecule has 0 atom stereocenters. The Labute approximate surface area is 113 Å². The summed E-state index contributed by atoms with van der Waals surface area (Å²) < 4.78 is 5.62. The van der Waals surface area contributed by atoms with E-state index in [1.54, 1.807) is 7.11 Å². The highest BCUT2D eigenvalue weighted by Crippen LogP contribution is 2.35. The van der Waals surface area contributed by atoms with Gasteiger partial charge in [-0.05, 0) is 26.2 Å². The summed E-state index contributed by atoms with van der Waals surface area (Å²) in [5.74, 6) is 0.851. The zero-order valence-electron chi connectivity index (χ0n) is 11.4. The summed E-state index contributed by atoms with van der Waals surface area (Å²) in [6.45, 7) is 2.78. The van der Waals surface area contributed by atoms with Crippen molar-refractivity contribution in [2.24, 2.45) is 0 Å². The summed E-state index contributed by atoms with van der Waals surface area (Å²) in [7, 11) is 1.79. The number of hydrogen-bond donors (Lipinski definition) is 1. The van der Waals surface area contributed by atoms with Crippen LogP contribution in [0, 0.1) is 6.92 Å². The number of aryl methyl sites for hydroxylation is 1. The average Bonchev–Trinajstić information content (AvgIpc) is 2.41. The highest BCUT2D eigenvalue weighted by molar-refractivity contribution is 5.92. The van der Waals surface area contributed by atoms with Gasteiger partial charge in [0.15, 0.2) is 5.82 Å². The molecule has 0 amide bonds. The monoisotopic (exact) mass is 257 g/mol. The van der Waals surface area contributed by atoms with Gasteiger partial charge in [0.05, 0.1) is 11.3 Å². The highest BCUT2D eigenvalue weighted by Gasteiger charge is 2.36. The van der Waals surface area contributed by atoms with Crippen LogP contribution < -0.4 is 5.32 Å². The minimum Gasteiger partial charge on any atom is -0.376 e. The molecule has 1 aliphatic rings. The minimum atomic E-state index is -0.00628. The van der Waals surface area contributed by atoms with Crippen LogP contribution in [-0.4, -0.2) is 29.5 Å². The first-order valence-corrected chi connectivity index (χ1v) is 6.75. The zero-order chi connectivity index (χ0) is 13.3. The van der Waals surface area contributed by atoms with E-state index < -0.39 is 0 Å². The van der Waals surface area contributed by atoms with Crippen molar-refractivity contribution in [1.82, 2.24) is 10.2 Å². The summed E-state index contributed by atoms with van der Waals surface area (Å²) in [5.41, 5.74) is 0.958. The third kappa shape index (κ3) is 2.16. The molecule has 4 nitrogen and oxygen atoms in total. The number of fused-ring (bicyclic) bond motifs is 1. The van der Waals surface area contributed by atoms with Gasteiger partial charge in [-0.3, -0.25) is 0 Å². The molecule has 1 aliphatic carbocycles. The first kappa shape index (κ1) is 12.4. The van der Waals surface area contributed by atoms with Crippen LogP contribution in [0.25, 0.3) is 10.8 Å². The standard InChI is InChI=1S/C15H19N3O/c1-11-12-6-3-4-7-13(12)14(18-17-11)16-10-15(19-2)8-5-9-15/h3-4,6-7H,5,8-10H2,1-2H3,(H,16,18). The fourth-order valence-corrected chi connectivity index (χ4v) is 2.64.